The van der Waals surface area contributed by atoms with Crippen LogP contribution >= 0.6 is 11.9 Å². The monoisotopic (exact) mass is 253 g/mol. The normalized spacial score (nSPS) is 14.5. The van der Waals surface area contributed by atoms with Crippen LogP contribution in [0, 0.1) is 0 Å². The molecule has 0 saturated carbocycles. The van der Waals surface area contributed by atoms with Crippen molar-refractivity contribution in [3.05, 3.63) is 23.8 Å². The summed E-state index contributed by atoms with van der Waals surface area (Å²) in [5.74, 6) is 1.58. The highest BCUT2D eigenvalue weighted by atomic mass is 32.2. The van der Waals surface area contributed by atoms with Gasteiger partial charge in [0.05, 0.1) is 0 Å². The average molecular weight is 253 g/mol. The maximum absolute atomic E-state index is 10.8. The number of carbonyl (C=O) groups excluding carboxylic acids is 1. The van der Waals surface area contributed by atoms with Crippen LogP contribution in [0.5, 0.6) is 11.5 Å². The van der Waals surface area contributed by atoms with E-state index in [2.05, 4.69) is 0 Å². The molecule has 17 heavy (non-hydrogen) atoms. The molecule has 1 aliphatic rings. The zero-order valence-electron chi connectivity index (χ0n) is 9.88. The number of carbonyl (C=O) groups is 1. The molecule has 1 aliphatic heterocycles. The Bertz CT molecular complexity index is 411. The van der Waals surface area contributed by atoms with Crippen LogP contribution in [0.1, 0.15) is 12.5 Å². The summed E-state index contributed by atoms with van der Waals surface area (Å²) in [4.78, 5) is 10.8. The lowest BCUT2D eigenvalue weighted by atomic mass is 10.1. The summed E-state index contributed by atoms with van der Waals surface area (Å²) < 4.78 is 12.3. The van der Waals surface area contributed by atoms with Crippen LogP contribution in [0.4, 0.5) is 0 Å². The summed E-state index contributed by atoms with van der Waals surface area (Å²) in [7, 11) is 0. The van der Waals surface area contributed by atoms with E-state index in [4.69, 9.17) is 9.47 Å². The fourth-order valence-corrected chi connectivity index (χ4v) is 2.35. The Morgan fingerprint density at radius 3 is 2.94 bits per heavy atom. The lowest BCUT2D eigenvalue weighted by Crippen LogP contribution is -2.26. The van der Waals surface area contributed by atoms with Crippen molar-refractivity contribution in [3.63, 3.8) is 0 Å². The third-order valence-electron chi connectivity index (χ3n) is 2.72. The molecule has 0 spiro atoms. The van der Waals surface area contributed by atoms with Crippen molar-refractivity contribution in [2.75, 3.05) is 13.0 Å². The highest BCUT2D eigenvalue weighted by molar-refractivity contribution is 7.96. The molecule has 0 N–H and O–H groups in total. The van der Waals surface area contributed by atoms with E-state index in [9.17, 15) is 4.79 Å². The SMILES string of the molecule is CSN(C=O)C(C)Cc1ccc2c(c1)OCO2. The Balaban J connectivity index is 2.06. The minimum Gasteiger partial charge on any atom is -0.454 e. The van der Waals surface area contributed by atoms with Gasteiger partial charge in [-0.05, 0) is 31.0 Å². The number of rotatable bonds is 5. The van der Waals surface area contributed by atoms with Gasteiger partial charge in [-0.2, -0.15) is 0 Å². The molecule has 0 bridgehead atoms. The van der Waals surface area contributed by atoms with Gasteiger partial charge in [-0.3, -0.25) is 9.10 Å². The molecule has 1 aromatic rings. The highest BCUT2D eigenvalue weighted by Gasteiger charge is 2.16. The van der Waals surface area contributed by atoms with Crippen LogP contribution < -0.4 is 9.47 Å². The summed E-state index contributed by atoms with van der Waals surface area (Å²) in [5, 5.41) is 0. The lowest BCUT2D eigenvalue weighted by Gasteiger charge is -2.22. The van der Waals surface area contributed by atoms with Gasteiger partial charge in [0, 0.05) is 12.3 Å². The zero-order valence-corrected chi connectivity index (χ0v) is 10.7. The number of nitrogens with zero attached hydrogens (tertiary/aromatic N) is 1. The van der Waals surface area contributed by atoms with Crippen molar-refractivity contribution in [2.24, 2.45) is 0 Å². The molecular weight excluding hydrogens is 238 g/mol. The molecule has 0 saturated heterocycles. The van der Waals surface area contributed by atoms with Gasteiger partial charge in [-0.15, -0.1) is 0 Å². The fourth-order valence-electron chi connectivity index (χ4n) is 1.83. The summed E-state index contributed by atoms with van der Waals surface area (Å²) in [6, 6.07) is 6.05. The predicted octanol–water partition coefficient (Wildman–Crippen LogP) is 2.08. The predicted molar refractivity (Wildman–Crippen MR) is 67.1 cm³/mol. The molecule has 2 rings (SSSR count). The molecule has 0 aromatic heterocycles. The van der Waals surface area contributed by atoms with Gasteiger partial charge in [-0.1, -0.05) is 18.0 Å². The molecule has 1 amide bonds. The van der Waals surface area contributed by atoms with Crippen LogP contribution in [0.2, 0.25) is 0 Å². The van der Waals surface area contributed by atoms with Crippen molar-refractivity contribution < 1.29 is 14.3 Å². The fraction of sp³-hybridized carbons (Fsp3) is 0.417. The second-order valence-corrected chi connectivity index (χ2v) is 4.68. The molecule has 0 aliphatic carbocycles. The molecule has 1 aromatic carbocycles. The molecule has 0 fully saturated rings. The van der Waals surface area contributed by atoms with E-state index in [-0.39, 0.29) is 6.04 Å². The second-order valence-electron chi connectivity index (χ2n) is 3.89. The van der Waals surface area contributed by atoms with Crippen LogP contribution in [-0.4, -0.2) is 29.8 Å². The van der Waals surface area contributed by atoms with E-state index < -0.39 is 0 Å². The van der Waals surface area contributed by atoms with Gasteiger partial charge in [0.2, 0.25) is 13.2 Å². The standard InChI is InChI=1S/C12H15NO3S/c1-9(13(7-14)17-2)5-10-3-4-11-12(6-10)16-8-15-11/h3-4,6-7,9H,5,8H2,1-2H3. The van der Waals surface area contributed by atoms with Gasteiger partial charge in [-0.25, -0.2) is 0 Å². The van der Waals surface area contributed by atoms with Crippen molar-refractivity contribution in [1.82, 2.24) is 4.31 Å². The molecular formula is C12H15NO3S. The van der Waals surface area contributed by atoms with Crippen LogP contribution in [-0.2, 0) is 11.2 Å². The third-order valence-corrected chi connectivity index (χ3v) is 3.58. The third kappa shape index (κ3) is 2.66. The van der Waals surface area contributed by atoms with Crippen molar-refractivity contribution >= 4 is 18.4 Å². The highest BCUT2D eigenvalue weighted by Crippen LogP contribution is 2.33. The number of fused-ring (bicyclic) bond motifs is 1. The Labute approximate surface area is 105 Å². The molecule has 5 heteroatoms. The van der Waals surface area contributed by atoms with Gasteiger partial charge in [0.15, 0.2) is 11.5 Å². The van der Waals surface area contributed by atoms with Gasteiger partial charge in [0.25, 0.3) is 0 Å². The molecule has 1 atom stereocenters. The Hall–Kier alpha value is -1.36. The summed E-state index contributed by atoms with van der Waals surface area (Å²) in [6.07, 6.45) is 3.56. The van der Waals surface area contributed by atoms with Crippen LogP contribution in [0.15, 0.2) is 18.2 Å². The van der Waals surface area contributed by atoms with E-state index in [0.29, 0.717) is 6.79 Å². The van der Waals surface area contributed by atoms with Crippen molar-refractivity contribution in [1.29, 1.82) is 0 Å². The first kappa shape index (κ1) is 12.1. The summed E-state index contributed by atoms with van der Waals surface area (Å²) in [6.45, 7) is 2.31. The first-order valence-corrected chi connectivity index (χ1v) is 6.59. The number of ether oxygens (including phenoxy) is 2. The number of benzene rings is 1. The van der Waals surface area contributed by atoms with Crippen LogP contribution in [0.3, 0.4) is 0 Å². The number of hydrogen-bond donors (Lipinski definition) is 0. The van der Waals surface area contributed by atoms with E-state index in [0.717, 1.165) is 29.9 Å². The first-order chi connectivity index (χ1) is 8.24. The van der Waals surface area contributed by atoms with E-state index in [1.165, 1.54) is 11.9 Å². The quantitative estimate of drug-likeness (QED) is 0.595. The maximum Gasteiger partial charge on any atom is 0.231 e. The van der Waals surface area contributed by atoms with Crippen molar-refractivity contribution in [2.45, 2.75) is 19.4 Å². The number of hydrogen-bond acceptors (Lipinski definition) is 4. The molecule has 4 nitrogen and oxygen atoms in total. The number of amides is 1. The van der Waals surface area contributed by atoms with Crippen LogP contribution in [0.25, 0.3) is 0 Å². The minimum absolute atomic E-state index is 0.155. The topological polar surface area (TPSA) is 38.8 Å². The smallest absolute Gasteiger partial charge is 0.231 e. The van der Waals surface area contributed by atoms with Gasteiger partial charge < -0.3 is 9.47 Å². The molecule has 1 heterocycles. The van der Waals surface area contributed by atoms with Gasteiger partial charge >= 0.3 is 0 Å². The zero-order chi connectivity index (χ0) is 12.3. The van der Waals surface area contributed by atoms with Crippen molar-refractivity contribution in [3.8, 4) is 11.5 Å². The Morgan fingerprint density at radius 2 is 2.24 bits per heavy atom. The van der Waals surface area contributed by atoms with E-state index >= 15 is 0 Å². The van der Waals surface area contributed by atoms with E-state index in [1.54, 1.807) is 4.31 Å². The second kappa shape index (κ2) is 5.31. The molecule has 0 radical (unpaired) electrons. The Kier molecular flexibility index (Phi) is 3.78. The summed E-state index contributed by atoms with van der Waals surface area (Å²) in [5.41, 5.74) is 1.14. The Morgan fingerprint density at radius 1 is 1.47 bits per heavy atom. The largest absolute Gasteiger partial charge is 0.454 e. The lowest BCUT2D eigenvalue weighted by molar-refractivity contribution is -0.114. The van der Waals surface area contributed by atoms with Gasteiger partial charge in [0.1, 0.15) is 0 Å². The summed E-state index contributed by atoms with van der Waals surface area (Å²) >= 11 is 1.43. The first-order valence-electron chi connectivity index (χ1n) is 5.41. The van der Waals surface area contributed by atoms with E-state index in [1.807, 2.05) is 31.4 Å². The average Bonchev–Trinajstić information content (AvgIpc) is 2.77. The molecule has 1 unspecified atom stereocenters. The molecule has 92 valence electrons. The maximum atomic E-state index is 10.8. The minimum atomic E-state index is 0.155.